The van der Waals surface area contributed by atoms with Gasteiger partial charge in [-0.05, 0) is 18.4 Å². The number of esters is 1. The number of benzene rings is 1. The number of hydrogen-bond donors (Lipinski definition) is 2. The van der Waals surface area contributed by atoms with Crippen LogP contribution < -0.4 is 16.6 Å². The summed E-state index contributed by atoms with van der Waals surface area (Å²) in [6.45, 7) is 6.51. The molecule has 2 aliphatic rings. The topological polar surface area (TPSA) is 93.2 Å². The van der Waals surface area contributed by atoms with Crippen molar-refractivity contribution in [3.8, 4) is 0 Å². The highest BCUT2D eigenvalue weighted by Gasteiger charge is 2.41. The number of rotatable bonds is 3. The van der Waals surface area contributed by atoms with Crippen molar-refractivity contribution in [1.29, 1.82) is 0 Å². The van der Waals surface area contributed by atoms with Crippen LogP contribution in [0.4, 0.5) is 5.82 Å². The van der Waals surface area contributed by atoms with Crippen molar-refractivity contribution >= 4 is 11.8 Å². The molecule has 2 aromatic rings. The van der Waals surface area contributed by atoms with Crippen molar-refractivity contribution in [1.82, 2.24) is 9.55 Å². The maximum Gasteiger partial charge on any atom is 0.337 e. The predicted molar refractivity (Wildman–Crippen MR) is 101 cm³/mol. The van der Waals surface area contributed by atoms with E-state index in [1.807, 2.05) is 45.0 Å². The molecule has 7 nitrogen and oxygen atoms in total. The smallest absolute Gasteiger partial charge is 0.337 e. The van der Waals surface area contributed by atoms with Crippen LogP contribution in [0.5, 0.6) is 0 Å². The first-order valence-corrected chi connectivity index (χ1v) is 8.97. The SMILES string of the molecule is Cc1cccc([C@@H]2C3=C(COC3=O)Nc3c2c(=O)[nH]c(=O)n3CC(C)C)c1. The highest BCUT2D eigenvalue weighted by atomic mass is 16.5. The van der Waals surface area contributed by atoms with E-state index in [0.29, 0.717) is 29.2 Å². The summed E-state index contributed by atoms with van der Waals surface area (Å²) in [4.78, 5) is 40.1. The second-order valence-corrected chi connectivity index (χ2v) is 7.47. The zero-order valence-corrected chi connectivity index (χ0v) is 15.5. The lowest BCUT2D eigenvalue weighted by molar-refractivity contribution is -0.136. The van der Waals surface area contributed by atoms with Crippen LogP contribution in [0.1, 0.15) is 36.5 Å². The lowest BCUT2D eigenvalue weighted by Gasteiger charge is -2.28. The molecular weight excluding hydrogens is 346 g/mol. The van der Waals surface area contributed by atoms with Gasteiger partial charge in [0.25, 0.3) is 5.56 Å². The standard InChI is InChI=1S/C20H21N3O4/c1-10(2)8-23-17-16(18(24)22-20(23)26)14(12-6-4-5-11(3)7-12)15-13(21-17)9-27-19(15)25/h4-7,10,14,21H,8-9H2,1-3H3,(H,22,24,26)/t14-/m1/s1. The van der Waals surface area contributed by atoms with Gasteiger partial charge in [0.05, 0.1) is 22.8 Å². The molecule has 140 valence electrons. The fraction of sp³-hybridized carbons (Fsp3) is 0.350. The molecule has 0 unspecified atom stereocenters. The minimum Gasteiger partial charge on any atom is -0.456 e. The minimum atomic E-state index is -0.575. The summed E-state index contributed by atoms with van der Waals surface area (Å²) in [6.07, 6.45) is 0. The fourth-order valence-corrected chi connectivity index (χ4v) is 3.81. The summed E-state index contributed by atoms with van der Waals surface area (Å²) >= 11 is 0. The van der Waals surface area contributed by atoms with E-state index in [-0.39, 0.29) is 12.5 Å². The first-order chi connectivity index (χ1) is 12.9. The zero-order chi connectivity index (χ0) is 19.3. The van der Waals surface area contributed by atoms with Crippen LogP contribution in [-0.4, -0.2) is 22.1 Å². The van der Waals surface area contributed by atoms with Crippen LogP contribution in [0.15, 0.2) is 45.1 Å². The van der Waals surface area contributed by atoms with E-state index in [4.69, 9.17) is 4.74 Å². The Kier molecular flexibility index (Phi) is 4.02. The molecule has 3 heterocycles. The molecule has 0 amide bonds. The average Bonchev–Trinajstić information content (AvgIpc) is 2.97. The minimum absolute atomic E-state index is 0.110. The van der Waals surface area contributed by atoms with Crippen molar-refractivity contribution < 1.29 is 9.53 Å². The van der Waals surface area contributed by atoms with Gasteiger partial charge in [0.2, 0.25) is 0 Å². The van der Waals surface area contributed by atoms with E-state index in [1.54, 1.807) is 0 Å². The Balaban J connectivity index is 2.03. The molecule has 0 saturated carbocycles. The Morgan fingerprint density at radius 2 is 2.04 bits per heavy atom. The van der Waals surface area contributed by atoms with Crippen molar-refractivity contribution in [3.63, 3.8) is 0 Å². The van der Waals surface area contributed by atoms with Crippen LogP contribution in [0.2, 0.25) is 0 Å². The molecule has 27 heavy (non-hydrogen) atoms. The van der Waals surface area contributed by atoms with Gasteiger partial charge < -0.3 is 10.1 Å². The number of fused-ring (bicyclic) bond motifs is 1. The third kappa shape index (κ3) is 2.79. The van der Waals surface area contributed by atoms with Gasteiger partial charge in [-0.2, -0.15) is 0 Å². The zero-order valence-electron chi connectivity index (χ0n) is 15.5. The second-order valence-electron chi connectivity index (χ2n) is 7.47. The Morgan fingerprint density at radius 3 is 2.74 bits per heavy atom. The molecule has 0 fully saturated rings. The summed E-state index contributed by atoms with van der Waals surface area (Å²) in [5, 5.41) is 3.14. The molecule has 1 aromatic carbocycles. The molecular formula is C20H21N3O4. The number of anilines is 1. The number of ether oxygens (including phenoxy) is 1. The van der Waals surface area contributed by atoms with Crippen LogP contribution >= 0.6 is 0 Å². The number of hydrogen-bond acceptors (Lipinski definition) is 5. The third-order valence-electron chi connectivity index (χ3n) is 4.90. The molecule has 0 radical (unpaired) electrons. The average molecular weight is 367 g/mol. The van der Waals surface area contributed by atoms with Crippen LogP contribution in [0.25, 0.3) is 0 Å². The Labute approximate surface area is 155 Å². The van der Waals surface area contributed by atoms with Crippen LogP contribution in [0.3, 0.4) is 0 Å². The quantitative estimate of drug-likeness (QED) is 0.808. The molecule has 0 spiro atoms. The van der Waals surface area contributed by atoms with Gasteiger partial charge in [0, 0.05) is 6.54 Å². The number of carbonyl (C=O) groups excluding carboxylic acids is 1. The van der Waals surface area contributed by atoms with Crippen molar-refractivity contribution in [3.05, 3.63) is 73.1 Å². The molecule has 7 heteroatoms. The summed E-state index contributed by atoms with van der Waals surface area (Å²) in [6, 6.07) is 7.69. The summed E-state index contributed by atoms with van der Waals surface area (Å²) in [7, 11) is 0. The largest absolute Gasteiger partial charge is 0.456 e. The van der Waals surface area contributed by atoms with Gasteiger partial charge in [0.15, 0.2) is 0 Å². The normalized spacial score (nSPS) is 18.2. The van der Waals surface area contributed by atoms with E-state index < -0.39 is 23.1 Å². The van der Waals surface area contributed by atoms with E-state index in [1.165, 1.54) is 4.57 Å². The predicted octanol–water partition coefficient (Wildman–Crippen LogP) is 1.87. The number of aromatic nitrogens is 2. The van der Waals surface area contributed by atoms with Crippen LogP contribution in [-0.2, 0) is 16.1 Å². The monoisotopic (exact) mass is 367 g/mol. The Hall–Kier alpha value is -3.09. The van der Waals surface area contributed by atoms with Crippen molar-refractivity contribution in [2.75, 3.05) is 11.9 Å². The molecule has 0 saturated heterocycles. The number of nitrogens with zero attached hydrogens (tertiary/aromatic N) is 1. The number of carbonyl (C=O) groups is 1. The van der Waals surface area contributed by atoms with Gasteiger partial charge in [-0.15, -0.1) is 0 Å². The summed E-state index contributed by atoms with van der Waals surface area (Å²) in [5.74, 6) is -0.362. The van der Waals surface area contributed by atoms with Gasteiger partial charge in [-0.1, -0.05) is 43.7 Å². The highest BCUT2D eigenvalue weighted by molar-refractivity contribution is 5.96. The lowest BCUT2D eigenvalue weighted by Crippen LogP contribution is -2.39. The van der Waals surface area contributed by atoms with E-state index >= 15 is 0 Å². The van der Waals surface area contributed by atoms with Gasteiger partial charge in [0.1, 0.15) is 12.4 Å². The van der Waals surface area contributed by atoms with E-state index in [0.717, 1.165) is 11.1 Å². The fourth-order valence-electron chi connectivity index (χ4n) is 3.81. The lowest BCUT2D eigenvalue weighted by atomic mass is 9.82. The number of H-pyrrole nitrogens is 1. The number of aromatic amines is 1. The maximum absolute atomic E-state index is 12.8. The summed E-state index contributed by atoms with van der Waals surface area (Å²) in [5.41, 5.74) is 2.32. The van der Waals surface area contributed by atoms with Gasteiger partial charge in [-0.25, -0.2) is 9.59 Å². The Morgan fingerprint density at radius 1 is 1.26 bits per heavy atom. The molecule has 2 N–H and O–H groups in total. The van der Waals surface area contributed by atoms with Crippen molar-refractivity contribution in [2.45, 2.75) is 33.2 Å². The third-order valence-corrected chi connectivity index (χ3v) is 4.90. The molecule has 1 aromatic heterocycles. The first kappa shape index (κ1) is 17.3. The van der Waals surface area contributed by atoms with Crippen LogP contribution in [0, 0.1) is 12.8 Å². The van der Waals surface area contributed by atoms with Crippen molar-refractivity contribution in [2.24, 2.45) is 5.92 Å². The number of cyclic esters (lactones) is 1. The summed E-state index contributed by atoms with van der Waals surface area (Å²) < 4.78 is 6.77. The second kappa shape index (κ2) is 6.26. The molecule has 1 atom stereocenters. The van der Waals surface area contributed by atoms with E-state index in [9.17, 15) is 14.4 Å². The number of aryl methyl sites for hydroxylation is 1. The molecule has 0 aliphatic carbocycles. The molecule has 2 aliphatic heterocycles. The van der Waals surface area contributed by atoms with E-state index in [2.05, 4.69) is 10.3 Å². The maximum atomic E-state index is 12.8. The molecule has 4 rings (SSSR count). The van der Waals surface area contributed by atoms with Gasteiger partial charge >= 0.3 is 11.7 Å². The Bertz CT molecular complexity index is 1090. The van der Waals surface area contributed by atoms with Gasteiger partial charge in [-0.3, -0.25) is 14.3 Å². The first-order valence-electron chi connectivity index (χ1n) is 8.97. The highest BCUT2D eigenvalue weighted by Crippen LogP contribution is 2.42. The molecule has 0 bridgehead atoms. The number of nitrogens with one attached hydrogen (secondary N) is 2.